The average Bonchev–Trinajstić information content (AvgIpc) is 2.63. The molecule has 1 fully saturated rings. The Bertz CT molecular complexity index is 707. The molecule has 0 aromatic heterocycles. The summed E-state index contributed by atoms with van der Waals surface area (Å²) < 4.78 is 0. The Hall–Kier alpha value is -2.37. The van der Waals surface area contributed by atoms with Crippen molar-refractivity contribution in [2.75, 3.05) is 18.8 Å². The van der Waals surface area contributed by atoms with E-state index in [1.807, 2.05) is 18.2 Å². The topological polar surface area (TPSA) is 78.6 Å². The fourth-order valence-corrected chi connectivity index (χ4v) is 3.08. The minimum absolute atomic E-state index is 0.138. The van der Waals surface area contributed by atoms with Crippen LogP contribution in [0.2, 0.25) is 0 Å². The zero-order chi connectivity index (χ0) is 17.6. The standard InChI is InChI=1S/C20H25N3O2/c21-19-4-2-1-3-18(19)20(25)22-13-15-5-7-16(8-6-15)14-23-11-9-17(24)10-12-23/h1-8,17,24H,9-14,21H2,(H,22,25). The number of amides is 1. The summed E-state index contributed by atoms with van der Waals surface area (Å²) in [6.45, 7) is 3.26. The Morgan fingerprint density at radius 1 is 1.08 bits per heavy atom. The van der Waals surface area contributed by atoms with Crippen molar-refractivity contribution in [1.29, 1.82) is 0 Å². The minimum atomic E-state index is -0.158. The fraction of sp³-hybridized carbons (Fsp3) is 0.350. The summed E-state index contributed by atoms with van der Waals surface area (Å²) in [6, 6.07) is 15.4. The average molecular weight is 339 g/mol. The molecular weight excluding hydrogens is 314 g/mol. The van der Waals surface area contributed by atoms with Crippen molar-refractivity contribution in [3.8, 4) is 0 Å². The Balaban J connectivity index is 1.51. The first-order chi connectivity index (χ1) is 12.1. The smallest absolute Gasteiger partial charge is 0.253 e. The van der Waals surface area contributed by atoms with Crippen LogP contribution in [-0.4, -0.2) is 35.1 Å². The van der Waals surface area contributed by atoms with E-state index in [9.17, 15) is 9.90 Å². The largest absolute Gasteiger partial charge is 0.398 e. The van der Waals surface area contributed by atoms with Gasteiger partial charge in [-0.2, -0.15) is 0 Å². The van der Waals surface area contributed by atoms with E-state index < -0.39 is 0 Å². The van der Waals surface area contributed by atoms with Gasteiger partial charge in [0.2, 0.25) is 0 Å². The molecule has 3 rings (SSSR count). The van der Waals surface area contributed by atoms with Gasteiger partial charge in [-0.05, 0) is 36.1 Å². The summed E-state index contributed by atoms with van der Waals surface area (Å²) in [7, 11) is 0. The molecule has 1 saturated heterocycles. The second kappa shape index (κ2) is 8.14. The van der Waals surface area contributed by atoms with E-state index in [-0.39, 0.29) is 12.0 Å². The van der Waals surface area contributed by atoms with Gasteiger partial charge in [0.1, 0.15) is 0 Å². The maximum Gasteiger partial charge on any atom is 0.253 e. The van der Waals surface area contributed by atoms with Crippen LogP contribution >= 0.6 is 0 Å². The lowest BCUT2D eigenvalue weighted by Crippen LogP contribution is -2.35. The van der Waals surface area contributed by atoms with Crippen LogP contribution in [0.25, 0.3) is 0 Å². The van der Waals surface area contributed by atoms with Gasteiger partial charge in [-0.25, -0.2) is 0 Å². The molecule has 1 aliphatic rings. The molecule has 1 heterocycles. The maximum atomic E-state index is 12.2. The van der Waals surface area contributed by atoms with Gasteiger partial charge in [0.15, 0.2) is 0 Å². The van der Waals surface area contributed by atoms with E-state index in [2.05, 4.69) is 22.3 Å². The van der Waals surface area contributed by atoms with Crippen LogP contribution in [0.4, 0.5) is 5.69 Å². The Morgan fingerprint density at radius 3 is 2.40 bits per heavy atom. The number of rotatable bonds is 5. The van der Waals surface area contributed by atoms with Crippen molar-refractivity contribution in [2.45, 2.75) is 32.0 Å². The van der Waals surface area contributed by atoms with Gasteiger partial charge in [0.05, 0.1) is 11.7 Å². The number of nitrogens with zero attached hydrogens (tertiary/aromatic N) is 1. The number of piperidine rings is 1. The highest BCUT2D eigenvalue weighted by atomic mass is 16.3. The minimum Gasteiger partial charge on any atom is -0.398 e. The van der Waals surface area contributed by atoms with Crippen LogP contribution in [0.15, 0.2) is 48.5 Å². The van der Waals surface area contributed by atoms with Crippen LogP contribution < -0.4 is 11.1 Å². The number of hydrogen-bond donors (Lipinski definition) is 3. The van der Waals surface area contributed by atoms with Crippen molar-refractivity contribution >= 4 is 11.6 Å². The number of aliphatic hydroxyl groups is 1. The van der Waals surface area contributed by atoms with Crippen LogP contribution in [0, 0.1) is 0 Å². The van der Waals surface area contributed by atoms with E-state index in [1.54, 1.807) is 18.2 Å². The van der Waals surface area contributed by atoms with Gasteiger partial charge >= 0.3 is 0 Å². The van der Waals surface area contributed by atoms with Gasteiger partial charge in [-0.1, -0.05) is 36.4 Å². The molecule has 1 aliphatic heterocycles. The summed E-state index contributed by atoms with van der Waals surface area (Å²) >= 11 is 0. The molecule has 0 bridgehead atoms. The Kier molecular flexibility index (Phi) is 5.68. The number of nitrogens with two attached hydrogens (primary N) is 1. The normalized spacial score (nSPS) is 15.9. The highest BCUT2D eigenvalue weighted by Crippen LogP contribution is 2.15. The van der Waals surface area contributed by atoms with Crippen molar-refractivity contribution in [1.82, 2.24) is 10.2 Å². The zero-order valence-corrected chi connectivity index (χ0v) is 14.3. The number of para-hydroxylation sites is 1. The fourth-order valence-electron chi connectivity index (χ4n) is 3.08. The van der Waals surface area contributed by atoms with E-state index >= 15 is 0 Å². The molecule has 2 aromatic carbocycles. The molecule has 5 heteroatoms. The molecule has 0 unspecified atom stereocenters. The molecule has 2 aromatic rings. The summed E-state index contributed by atoms with van der Waals surface area (Å²) in [5, 5.41) is 12.5. The lowest BCUT2D eigenvalue weighted by Gasteiger charge is -2.29. The monoisotopic (exact) mass is 339 g/mol. The maximum absolute atomic E-state index is 12.2. The van der Waals surface area contributed by atoms with E-state index in [1.165, 1.54) is 5.56 Å². The molecule has 0 atom stereocenters. The van der Waals surface area contributed by atoms with Crippen LogP contribution in [0.5, 0.6) is 0 Å². The summed E-state index contributed by atoms with van der Waals surface area (Å²) in [6.07, 6.45) is 1.57. The number of nitrogen functional groups attached to an aromatic ring is 1. The quantitative estimate of drug-likeness (QED) is 0.730. The third-order valence-corrected chi connectivity index (χ3v) is 4.64. The molecule has 0 spiro atoms. The van der Waals surface area contributed by atoms with Gasteiger partial charge in [0.25, 0.3) is 5.91 Å². The molecule has 132 valence electrons. The van der Waals surface area contributed by atoms with Crippen molar-refractivity contribution in [3.05, 3.63) is 65.2 Å². The highest BCUT2D eigenvalue weighted by Gasteiger charge is 2.16. The summed E-state index contributed by atoms with van der Waals surface area (Å²) in [4.78, 5) is 14.5. The number of aliphatic hydroxyl groups excluding tert-OH is 1. The molecule has 0 saturated carbocycles. The number of carbonyl (C=O) groups is 1. The number of carbonyl (C=O) groups excluding carboxylic acids is 1. The van der Waals surface area contributed by atoms with Crippen LogP contribution in [0.3, 0.4) is 0 Å². The Labute approximate surface area is 148 Å². The number of likely N-dealkylation sites (tertiary alicyclic amines) is 1. The first kappa shape index (κ1) is 17.5. The van der Waals surface area contributed by atoms with Crippen LogP contribution in [-0.2, 0) is 13.1 Å². The number of nitrogens with one attached hydrogen (secondary N) is 1. The molecular formula is C20H25N3O2. The lowest BCUT2D eigenvalue weighted by atomic mass is 10.1. The number of anilines is 1. The van der Waals surface area contributed by atoms with Crippen molar-refractivity contribution in [3.63, 3.8) is 0 Å². The third-order valence-electron chi connectivity index (χ3n) is 4.64. The van der Waals surface area contributed by atoms with Crippen molar-refractivity contribution in [2.24, 2.45) is 0 Å². The molecule has 4 N–H and O–H groups in total. The first-order valence-corrected chi connectivity index (χ1v) is 8.73. The predicted molar refractivity (Wildman–Crippen MR) is 99.0 cm³/mol. The van der Waals surface area contributed by atoms with Crippen molar-refractivity contribution < 1.29 is 9.90 Å². The molecule has 5 nitrogen and oxygen atoms in total. The number of benzene rings is 2. The lowest BCUT2D eigenvalue weighted by molar-refractivity contribution is 0.0792. The molecule has 25 heavy (non-hydrogen) atoms. The molecule has 0 aliphatic carbocycles. The first-order valence-electron chi connectivity index (χ1n) is 8.73. The highest BCUT2D eigenvalue weighted by molar-refractivity contribution is 5.98. The summed E-state index contributed by atoms with van der Waals surface area (Å²) in [5.41, 5.74) is 9.13. The Morgan fingerprint density at radius 2 is 1.72 bits per heavy atom. The molecule has 0 radical (unpaired) electrons. The predicted octanol–water partition coefficient (Wildman–Crippen LogP) is 2.16. The van der Waals surface area contributed by atoms with Gasteiger partial charge in [-0.3, -0.25) is 9.69 Å². The second-order valence-electron chi connectivity index (χ2n) is 6.59. The zero-order valence-electron chi connectivity index (χ0n) is 14.3. The number of hydrogen-bond acceptors (Lipinski definition) is 4. The van der Waals surface area contributed by atoms with E-state index in [4.69, 9.17) is 5.73 Å². The van der Waals surface area contributed by atoms with E-state index in [0.29, 0.717) is 17.8 Å². The second-order valence-corrected chi connectivity index (χ2v) is 6.59. The summed E-state index contributed by atoms with van der Waals surface area (Å²) in [5.74, 6) is -0.158. The SMILES string of the molecule is Nc1ccccc1C(=O)NCc1ccc(CN2CCC(O)CC2)cc1. The van der Waals surface area contributed by atoms with Gasteiger partial charge in [0, 0.05) is 31.9 Å². The van der Waals surface area contributed by atoms with Crippen LogP contribution in [0.1, 0.15) is 34.3 Å². The molecule has 1 amide bonds. The third kappa shape index (κ3) is 4.81. The van der Waals surface area contributed by atoms with E-state index in [0.717, 1.165) is 38.0 Å². The van der Waals surface area contributed by atoms with Gasteiger partial charge in [-0.15, -0.1) is 0 Å². The van der Waals surface area contributed by atoms with Gasteiger partial charge < -0.3 is 16.2 Å².